The van der Waals surface area contributed by atoms with Crippen LogP contribution in [0.5, 0.6) is 0 Å². The minimum absolute atomic E-state index is 0.276. The summed E-state index contributed by atoms with van der Waals surface area (Å²) in [4.78, 5) is 12.4. The molecule has 0 spiro atoms. The average Bonchev–Trinajstić information content (AvgIpc) is 3.12. The molecule has 3 nitrogen and oxygen atoms in total. The van der Waals surface area contributed by atoms with E-state index in [4.69, 9.17) is 4.74 Å². The van der Waals surface area contributed by atoms with Crippen molar-refractivity contribution in [1.29, 1.82) is 0 Å². The number of benzene rings is 2. The highest BCUT2D eigenvalue weighted by Gasteiger charge is 2.17. The quantitative estimate of drug-likeness (QED) is 0.637. The Kier molecular flexibility index (Phi) is 5.75. The maximum absolute atomic E-state index is 13.3. The zero-order valence-electron chi connectivity index (χ0n) is 14.0. The first-order valence-electron chi connectivity index (χ1n) is 7.97. The van der Waals surface area contributed by atoms with Gasteiger partial charge >= 0.3 is 5.97 Å². The predicted molar refractivity (Wildman–Crippen MR) is 97.1 cm³/mol. The van der Waals surface area contributed by atoms with E-state index in [1.54, 1.807) is 24.3 Å². The Balaban J connectivity index is 1.87. The Labute approximate surface area is 154 Å². The monoisotopic (exact) mass is 373 g/mol. The second kappa shape index (κ2) is 8.21. The molecule has 1 heterocycles. The van der Waals surface area contributed by atoms with Crippen molar-refractivity contribution in [2.45, 2.75) is 12.6 Å². The van der Waals surface area contributed by atoms with E-state index in [1.165, 1.54) is 42.7 Å². The summed E-state index contributed by atoms with van der Waals surface area (Å²) in [5.41, 5.74) is 2.50. The lowest BCUT2D eigenvalue weighted by atomic mass is 9.98. The molecule has 0 unspecified atom stereocenters. The highest BCUT2D eigenvalue weighted by molar-refractivity contribution is 7.12. The summed E-state index contributed by atoms with van der Waals surface area (Å²) in [6.45, 7) is 0.410. The van der Waals surface area contributed by atoms with E-state index in [0.29, 0.717) is 11.4 Å². The van der Waals surface area contributed by atoms with Crippen LogP contribution in [-0.4, -0.2) is 13.1 Å². The molecular weight excluding hydrogens is 356 g/mol. The molecule has 1 N–H and O–H groups in total. The molecule has 6 heteroatoms. The lowest BCUT2D eigenvalue weighted by molar-refractivity contribution is 0.0605. The third-order valence-corrected chi connectivity index (χ3v) is 4.96. The smallest absolute Gasteiger partial charge is 0.348 e. The molecule has 2 aromatic carbocycles. The fraction of sp³-hybridized carbons (Fsp3) is 0.150. The topological polar surface area (TPSA) is 38.3 Å². The molecule has 0 aliphatic heterocycles. The second-order valence-electron chi connectivity index (χ2n) is 5.68. The Hall–Kier alpha value is -2.57. The van der Waals surface area contributed by atoms with Crippen LogP contribution in [0.1, 0.15) is 32.4 Å². The van der Waals surface area contributed by atoms with Gasteiger partial charge in [0.2, 0.25) is 0 Å². The normalized spacial score (nSPS) is 10.9. The van der Waals surface area contributed by atoms with Crippen molar-refractivity contribution in [3.05, 3.63) is 93.2 Å². The van der Waals surface area contributed by atoms with Gasteiger partial charge in [-0.3, -0.25) is 0 Å². The first-order chi connectivity index (χ1) is 12.6. The van der Waals surface area contributed by atoms with Crippen LogP contribution in [0.2, 0.25) is 0 Å². The minimum atomic E-state index is -0.378. The summed E-state index contributed by atoms with van der Waals surface area (Å²) in [6.07, 6.45) is 0. The maximum atomic E-state index is 13.3. The molecule has 0 atom stereocenters. The zero-order valence-corrected chi connectivity index (χ0v) is 14.9. The minimum Gasteiger partial charge on any atom is -0.465 e. The maximum Gasteiger partial charge on any atom is 0.348 e. The number of hydrogen-bond acceptors (Lipinski definition) is 4. The first kappa shape index (κ1) is 18.2. The molecular formula is C20H17F2NO2S. The zero-order chi connectivity index (χ0) is 18.5. The SMILES string of the molecule is COC(=O)c1sccc1CNC(c1ccc(F)cc1)c1ccc(F)cc1. The molecule has 26 heavy (non-hydrogen) atoms. The van der Waals surface area contributed by atoms with Gasteiger partial charge in [-0.1, -0.05) is 24.3 Å². The molecule has 1 aromatic heterocycles. The highest BCUT2D eigenvalue weighted by atomic mass is 32.1. The summed E-state index contributed by atoms with van der Waals surface area (Å²) in [5, 5.41) is 5.19. The molecule has 0 radical (unpaired) electrons. The number of thiophene rings is 1. The van der Waals surface area contributed by atoms with Gasteiger partial charge in [-0.15, -0.1) is 11.3 Å². The number of rotatable bonds is 6. The van der Waals surface area contributed by atoms with Gasteiger partial charge < -0.3 is 10.1 Å². The molecule has 0 fully saturated rings. The number of esters is 1. The van der Waals surface area contributed by atoms with Crippen LogP contribution in [-0.2, 0) is 11.3 Å². The van der Waals surface area contributed by atoms with E-state index in [2.05, 4.69) is 5.32 Å². The predicted octanol–water partition coefficient (Wildman–Crippen LogP) is 4.69. The van der Waals surface area contributed by atoms with E-state index in [1.807, 2.05) is 11.4 Å². The first-order valence-corrected chi connectivity index (χ1v) is 8.85. The Morgan fingerprint density at radius 1 is 1.00 bits per heavy atom. The van der Waals surface area contributed by atoms with Crippen molar-refractivity contribution < 1.29 is 18.3 Å². The fourth-order valence-electron chi connectivity index (χ4n) is 2.70. The van der Waals surface area contributed by atoms with Crippen LogP contribution in [0.15, 0.2) is 60.0 Å². The third kappa shape index (κ3) is 4.15. The van der Waals surface area contributed by atoms with E-state index in [0.717, 1.165) is 16.7 Å². The molecule has 3 rings (SSSR count). The van der Waals surface area contributed by atoms with Crippen LogP contribution < -0.4 is 5.32 Å². The summed E-state index contributed by atoms with van der Waals surface area (Å²) in [7, 11) is 1.35. The standard InChI is InChI=1S/C20H17F2NO2S/c1-25-20(24)19-15(10-11-26-19)12-23-18(13-2-6-16(21)7-3-13)14-4-8-17(22)9-5-14/h2-11,18,23H,12H2,1H3. The second-order valence-corrected chi connectivity index (χ2v) is 6.60. The van der Waals surface area contributed by atoms with Gasteiger partial charge in [-0.05, 0) is 52.4 Å². The molecule has 0 aliphatic carbocycles. The van der Waals surface area contributed by atoms with Crippen molar-refractivity contribution >= 4 is 17.3 Å². The molecule has 0 bridgehead atoms. The summed E-state index contributed by atoms with van der Waals surface area (Å²) in [6, 6.07) is 13.9. The van der Waals surface area contributed by atoms with Gasteiger partial charge in [0.05, 0.1) is 13.2 Å². The van der Waals surface area contributed by atoms with E-state index >= 15 is 0 Å². The lowest BCUT2D eigenvalue weighted by Gasteiger charge is -2.20. The molecule has 0 aliphatic rings. The van der Waals surface area contributed by atoms with Gasteiger partial charge in [0, 0.05) is 6.54 Å². The highest BCUT2D eigenvalue weighted by Crippen LogP contribution is 2.25. The van der Waals surface area contributed by atoms with Crippen LogP contribution in [0, 0.1) is 11.6 Å². The van der Waals surface area contributed by atoms with Crippen molar-refractivity contribution in [3.63, 3.8) is 0 Å². The number of carbonyl (C=O) groups excluding carboxylic acids is 1. The molecule has 134 valence electrons. The number of methoxy groups -OCH3 is 1. The Bertz CT molecular complexity index is 830. The van der Waals surface area contributed by atoms with Crippen LogP contribution in [0.3, 0.4) is 0 Å². The number of nitrogens with one attached hydrogen (secondary N) is 1. The number of ether oxygens (including phenoxy) is 1. The van der Waals surface area contributed by atoms with Crippen molar-refractivity contribution in [1.82, 2.24) is 5.32 Å². The molecule has 0 saturated heterocycles. The van der Waals surface area contributed by atoms with Gasteiger partial charge in [-0.25, -0.2) is 13.6 Å². The Morgan fingerprint density at radius 3 is 2.04 bits per heavy atom. The van der Waals surface area contributed by atoms with Crippen LogP contribution in [0.25, 0.3) is 0 Å². The van der Waals surface area contributed by atoms with Crippen LogP contribution >= 0.6 is 11.3 Å². The van der Waals surface area contributed by atoms with Gasteiger partial charge in [0.25, 0.3) is 0 Å². The van der Waals surface area contributed by atoms with Gasteiger partial charge in [-0.2, -0.15) is 0 Å². The summed E-state index contributed by atoms with van der Waals surface area (Å²) < 4.78 is 31.3. The van der Waals surface area contributed by atoms with E-state index in [9.17, 15) is 13.6 Å². The van der Waals surface area contributed by atoms with E-state index < -0.39 is 0 Å². The number of hydrogen-bond donors (Lipinski definition) is 1. The van der Waals surface area contributed by atoms with Gasteiger partial charge in [0.1, 0.15) is 16.5 Å². The van der Waals surface area contributed by atoms with E-state index in [-0.39, 0.29) is 23.6 Å². The molecule has 3 aromatic rings. The lowest BCUT2D eigenvalue weighted by Crippen LogP contribution is -2.22. The molecule has 0 saturated carbocycles. The summed E-state index contributed by atoms with van der Waals surface area (Å²) >= 11 is 1.32. The fourth-order valence-corrected chi connectivity index (χ4v) is 3.54. The Morgan fingerprint density at radius 2 is 1.54 bits per heavy atom. The van der Waals surface area contributed by atoms with Crippen LogP contribution in [0.4, 0.5) is 8.78 Å². The third-order valence-electron chi connectivity index (χ3n) is 4.02. The number of halogens is 2. The largest absolute Gasteiger partial charge is 0.465 e. The average molecular weight is 373 g/mol. The summed E-state index contributed by atoms with van der Waals surface area (Å²) in [5.74, 6) is -1.02. The van der Waals surface area contributed by atoms with Gasteiger partial charge in [0.15, 0.2) is 0 Å². The van der Waals surface area contributed by atoms with Crippen molar-refractivity contribution in [2.75, 3.05) is 7.11 Å². The van der Waals surface area contributed by atoms with Crippen molar-refractivity contribution in [2.24, 2.45) is 0 Å². The van der Waals surface area contributed by atoms with Crippen molar-refractivity contribution in [3.8, 4) is 0 Å². The molecule has 0 amide bonds. The number of carbonyl (C=O) groups is 1.